The molecular weight excluding hydrogens is 422 g/mol. The van der Waals surface area contributed by atoms with Gasteiger partial charge in [0.05, 0.1) is 17.0 Å². The molecule has 0 amide bonds. The summed E-state index contributed by atoms with van der Waals surface area (Å²) in [6.07, 6.45) is 8.26. The lowest BCUT2D eigenvalue weighted by molar-refractivity contribution is -0.171. The number of aryl methyl sites for hydroxylation is 1. The minimum atomic E-state index is -0.343. The van der Waals surface area contributed by atoms with Crippen LogP contribution >= 0.6 is 0 Å². The van der Waals surface area contributed by atoms with Crippen LogP contribution in [0.2, 0.25) is 0 Å². The Morgan fingerprint density at radius 2 is 1.85 bits per heavy atom. The maximum Gasteiger partial charge on any atom is 0.309 e. The topological polar surface area (TPSA) is 58.2 Å². The zero-order valence-electron chi connectivity index (χ0n) is 20.1. The molecular formula is C29H35N3O2. The largest absolute Gasteiger partial charge is 0.458 e. The Balaban J connectivity index is 1.11. The molecule has 34 heavy (non-hydrogen) atoms. The second-order valence-corrected chi connectivity index (χ2v) is 10.8. The lowest BCUT2D eigenvalue weighted by Gasteiger charge is -2.52. The summed E-state index contributed by atoms with van der Waals surface area (Å²) in [5.41, 5.74) is 4.73. The van der Waals surface area contributed by atoms with Crippen molar-refractivity contribution < 1.29 is 9.53 Å². The van der Waals surface area contributed by atoms with E-state index in [0.29, 0.717) is 11.8 Å². The van der Waals surface area contributed by atoms with Gasteiger partial charge in [-0.3, -0.25) is 4.79 Å². The van der Waals surface area contributed by atoms with E-state index in [-0.39, 0.29) is 17.5 Å². The van der Waals surface area contributed by atoms with Gasteiger partial charge in [0.2, 0.25) is 0 Å². The van der Waals surface area contributed by atoms with Crippen LogP contribution in [0.3, 0.4) is 0 Å². The van der Waals surface area contributed by atoms with Crippen LogP contribution in [-0.4, -0.2) is 46.6 Å². The van der Waals surface area contributed by atoms with Crippen molar-refractivity contribution in [3.8, 4) is 0 Å². The molecule has 0 spiro atoms. The molecule has 0 aliphatic heterocycles. The number of carbonyl (C=O) groups excluding carboxylic acids is 1. The van der Waals surface area contributed by atoms with Gasteiger partial charge in [-0.05, 0) is 81.3 Å². The van der Waals surface area contributed by atoms with Crippen LogP contribution in [0, 0.1) is 5.92 Å². The SMILES string of the molecule is CN(CCCc1nc2ccccc2[nH]1)CC[C@]1(OC(=O)C2CC2)C[C@H]2CC[C@@H]1c1ccccc12. The standard InChI is InChI=1S/C29H35N3O2/c1-32(17-6-11-27-30-25-9-4-5-10-26(25)31-27)18-16-29(34-28(33)20-12-13-20)19-21-14-15-24(29)23-8-3-2-7-22(21)23/h2-5,7-10,20-21,24H,6,11-19H2,1H3,(H,30,31)/t21-,24-,29+/m1/s1. The number of H-pyrrole nitrogens is 1. The van der Waals surface area contributed by atoms with Crippen molar-refractivity contribution in [2.45, 2.75) is 68.8 Å². The number of ether oxygens (including phenoxy) is 1. The van der Waals surface area contributed by atoms with E-state index in [1.54, 1.807) is 0 Å². The minimum Gasteiger partial charge on any atom is -0.458 e. The number of nitrogens with one attached hydrogen (secondary N) is 1. The molecule has 1 aromatic heterocycles. The first-order valence-electron chi connectivity index (χ1n) is 13.1. The van der Waals surface area contributed by atoms with Gasteiger partial charge in [0, 0.05) is 25.3 Å². The molecule has 0 saturated heterocycles. The highest BCUT2D eigenvalue weighted by molar-refractivity contribution is 5.76. The van der Waals surface area contributed by atoms with Crippen LogP contribution in [0.1, 0.15) is 73.7 Å². The Bertz CT molecular complexity index is 1150. The summed E-state index contributed by atoms with van der Waals surface area (Å²) in [5, 5.41) is 0. The Morgan fingerprint density at radius 3 is 2.68 bits per heavy atom. The number of benzene rings is 2. The summed E-state index contributed by atoms with van der Waals surface area (Å²) in [6.45, 7) is 1.96. The highest BCUT2D eigenvalue weighted by Gasteiger charge is 2.53. The molecule has 1 N–H and O–H groups in total. The van der Waals surface area contributed by atoms with Crippen molar-refractivity contribution >= 4 is 17.0 Å². The lowest BCUT2D eigenvalue weighted by atomic mass is 9.58. The number of hydrogen-bond donors (Lipinski definition) is 1. The summed E-state index contributed by atoms with van der Waals surface area (Å²) in [7, 11) is 2.20. The first-order chi connectivity index (χ1) is 16.6. The van der Waals surface area contributed by atoms with Crippen molar-refractivity contribution in [3.63, 3.8) is 0 Å². The number of rotatable bonds is 9. The molecule has 0 radical (unpaired) electrons. The van der Waals surface area contributed by atoms with Crippen LogP contribution in [0.25, 0.3) is 11.0 Å². The number of carbonyl (C=O) groups is 1. The molecule has 2 bridgehead atoms. The molecule has 3 aromatic rings. The van der Waals surface area contributed by atoms with E-state index in [9.17, 15) is 4.79 Å². The molecule has 2 fully saturated rings. The van der Waals surface area contributed by atoms with Crippen LogP contribution < -0.4 is 0 Å². The predicted molar refractivity (Wildman–Crippen MR) is 134 cm³/mol. The van der Waals surface area contributed by atoms with Gasteiger partial charge in [-0.2, -0.15) is 0 Å². The maximum atomic E-state index is 12.9. The number of hydrogen-bond acceptors (Lipinski definition) is 4. The summed E-state index contributed by atoms with van der Waals surface area (Å²) < 4.78 is 6.47. The average Bonchev–Trinajstić information content (AvgIpc) is 3.63. The molecule has 5 heteroatoms. The van der Waals surface area contributed by atoms with Crippen LogP contribution in [-0.2, 0) is 16.0 Å². The third-order valence-corrected chi connectivity index (χ3v) is 8.37. The third-order valence-electron chi connectivity index (χ3n) is 8.37. The van der Waals surface area contributed by atoms with Gasteiger partial charge >= 0.3 is 5.97 Å². The van der Waals surface area contributed by atoms with Crippen molar-refractivity contribution in [1.82, 2.24) is 14.9 Å². The summed E-state index contributed by atoms with van der Waals surface area (Å²) >= 11 is 0. The van der Waals surface area contributed by atoms with Crippen molar-refractivity contribution in [2.75, 3.05) is 20.1 Å². The minimum absolute atomic E-state index is 0.0533. The molecule has 3 atom stereocenters. The Morgan fingerprint density at radius 1 is 1.06 bits per heavy atom. The summed E-state index contributed by atoms with van der Waals surface area (Å²) in [6, 6.07) is 17.1. The van der Waals surface area contributed by atoms with E-state index in [0.717, 1.165) is 74.9 Å². The van der Waals surface area contributed by atoms with E-state index in [1.165, 1.54) is 17.5 Å². The van der Waals surface area contributed by atoms with Gasteiger partial charge in [-0.15, -0.1) is 0 Å². The fraction of sp³-hybridized carbons (Fsp3) is 0.517. The van der Waals surface area contributed by atoms with Crippen molar-refractivity contribution in [1.29, 1.82) is 0 Å². The number of aromatic nitrogens is 2. The predicted octanol–water partition coefficient (Wildman–Crippen LogP) is 5.57. The van der Waals surface area contributed by atoms with Crippen LogP contribution in [0.5, 0.6) is 0 Å². The van der Waals surface area contributed by atoms with Gasteiger partial charge in [-0.1, -0.05) is 36.4 Å². The van der Waals surface area contributed by atoms with Crippen LogP contribution in [0.4, 0.5) is 0 Å². The smallest absolute Gasteiger partial charge is 0.309 e. The Labute approximate surface area is 201 Å². The zero-order chi connectivity index (χ0) is 23.1. The second kappa shape index (κ2) is 8.84. The molecule has 0 unspecified atom stereocenters. The van der Waals surface area contributed by atoms with Gasteiger partial charge in [0.15, 0.2) is 0 Å². The number of esters is 1. The zero-order valence-corrected chi connectivity index (χ0v) is 20.1. The molecule has 2 aromatic carbocycles. The highest BCUT2D eigenvalue weighted by Crippen LogP contribution is 2.57. The van der Waals surface area contributed by atoms with Gasteiger partial charge < -0.3 is 14.6 Å². The molecule has 5 nitrogen and oxygen atoms in total. The fourth-order valence-corrected chi connectivity index (χ4v) is 6.37. The molecule has 4 aliphatic rings. The molecule has 7 rings (SSSR count). The number of para-hydroxylation sites is 2. The molecule has 2 saturated carbocycles. The van der Waals surface area contributed by atoms with Crippen LogP contribution in [0.15, 0.2) is 48.5 Å². The van der Waals surface area contributed by atoms with E-state index < -0.39 is 0 Å². The first kappa shape index (κ1) is 21.8. The number of aromatic amines is 1. The molecule has 178 valence electrons. The number of fused-ring (bicyclic) bond motifs is 3. The van der Waals surface area contributed by atoms with E-state index in [4.69, 9.17) is 9.72 Å². The van der Waals surface area contributed by atoms with Crippen molar-refractivity contribution in [2.24, 2.45) is 5.92 Å². The quantitative estimate of drug-likeness (QED) is 0.427. The Kier molecular flexibility index (Phi) is 5.68. The Hall–Kier alpha value is -2.66. The first-order valence-corrected chi connectivity index (χ1v) is 13.1. The van der Waals surface area contributed by atoms with Gasteiger partial charge in [0.1, 0.15) is 11.4 Å². The molecule has 4 aliphatic carbocycles. The number of imidazole rings is 1. The van der Waals surface area contributed by atoms with Gasteiger partial charge in [-0.25, -0.2) is 4.98 Å². The number of nitrogens with zero attached hydrogens (tertiary/aromatic N) is 2. The fourth-order valence-electron chi connectivity index (χ4n) is 6.37. The second-order valence-electron chi connectivity index (χ2n) is 10.8. The van der Waals surface area contributed by atoms with E-state index >= 15 is 0 Å². The average molecular weight is 458 g/mol. The van der Waals surface area contributed by atoms with E-state index in [2.05, 4.69) is 53.3 Å². The normalized spacial score (nSPS) is 25.6. The highest BCUT2D eigenvalue weighted by atomic mass is 16.6. The van der Waals surface area contributed by atoms with E-state index in [1.807, 2.05) is 12.1 Å². The maximum absolute atomic E-state index is 12.9. The summed E-state index contributed by atoms with van der Waals surface area (Å²) in [5.74, 6) is 2.12. The molecule has 1 heterocycles. The van der Waals surface area contributed by atoms with Crippen molar-refractivity contribution in [3.05, 3.63) is 65.5 Å². The lowest BCUT2D eigenvalue weighted by Crippen LogP contribution is -2.50. The van der Waals surface area contributed by atoms with Gasteiger partial charge in [0.25, 0.3) is 0 Å². The third kappa shape index (κ3) is 4.15. The monoisotopic (exact) mass is 457 g/mol. The summed E-state index contributed by atoms with van der Waals surface area (Å²) in [4.78, 5) is 23.4.